The zero-order valence-corrected chi connectivity index (χ0v) is 35.4. The summed E-state index contributed by atoms with van der Waals surface area (Å²) in [6, 6.07) is 5.92. The monoisotopic (exact) mass is 878 g/mol. The molecule has 2 aromatic carbocycles. The number of hydrogen-bond acceptors (Lipinski definition) is 15. The summed E-state index contributed by atoms with van der Waals surface area (Å²) < 4.78 is 91.0. The van der Waals surface area contributed by atoms with Crippen molar-refractivity contribution in [1.29, 1.82) is 0 Å². The van der Waals surface area contributed by atoms with E-state index in [1.807, 2.05) is 0 Å². The molecule has 0 aliphatic carbocycles. The molecule has 0 saturated carbocycles. The minimum absolute atomic E-state index is 0.0248. The molecule has 2 unspecified atom stereocenters. The molecular weight excluding hydrogens is 826 g/mol. The van der Waals surface area contributed by atoms with Gasteiger partial charge in [-0.3, -0.25) is 9.88 Å². The van der Waals surface area contributed by atoms with E-state index in [1.165, 1.54) is 30.5 Å². The van der Waals surface area contributed by atoms with Crippen LogP contribution >= 0.6 is 0 Å². The molecule has 338 valence electrons. The fraction of sp³-hybridized carbons (Fsp3) is 0.556. The van der Waals surface area contributed by atoms with Gasteiger partial charge >= 0.3 is 12.2 Å². The van der Waals surface area contributed by atoms with Crippen LogP contribution in [0.2, 0.25) is 0 Å². The Morgan fingerprint density at radius 2 is 1.63 bits per heavy atom. The third-order valence-corrected chi connectivity index (χ3v) is 12.0. The molecule has 1 N–H and O–H groups in total. The first kappa shape index (κ1) is 44.7. The van der Waals surface area contributed by atoms with Gasteiger partial charge in [0, 0.05) is 62.4 Å². The first-order chi connectivity index (χ1) is 30.7. The summed E-state index contributed by atoms with van der Waals surface area (Å²) in [5.41, 5.74) is -0.827. The highest BCUT2D eigenvalue weighted by Crippen LogP contribution is 2.42. The maximum absolute atomic E-state index is 17.3. The van der Waals surface area contributed by atoms with Crippen LogP contribution < -0.4 is 19.7 Å². The van der Waals surface area contributed by atoms with Crippen LogP contribution in [0, 0.1) is 24.0 Å². The van der Waals surface area contributed by atoms with Crippen molar-refractivity contribution in [3.8, 4) is 35.4 Å². The number of ether oxygens (including phenoxy) is 8. The minimum Gasteiger partial charge on any atom is -0.461 e. The Morgan fingerprint density at radius 3 is 2.33 bits per heavy atom. The number of piperazine rings is 1. The van der Waals surface area contributed by atoms with Crippen molar-refractivity contribution in [3.05, 3.63) is 47.7 Å². The van der Waals surface area contributed by atoms with Gasteiger partial charge in [0.2, 0.25) is 0 Å². The van der Waals surface area contributed by atoms with Gasteiger partial charge in [0.15, 0.2) is 5.82 Å². The molecule has 2 aromatic heterocycles. The molecule has 0 spiro atoms. The Labute approximate surface area is 363 Å². The van der Waals surface area contributed by atoms with Crippen LogP contribution in [-0.2, 0) is 28.4 Å². The van der Waals surface area contributed by atoms with Crippen LogP contribution in [0.25, 0.3) is 32.9 Å². The fourth-order valence-electron chi connectivity index (χ4n) is 9.15. The number of aromatic nitrogens is 3. The number of pyridine rings is 1. The standard InChI is InChI=1S/C45H53F3N6O9/c1-3-34-37(47)8-5-29-21-33(63-44(55)61-20-19-60-18-17-59-16-15-58-14-13-57-12-11-56-2)22-35(38(29)34)40-39(48)41-36(24-49-40)42(53-26-31-6-7-32(27-53)50-31)52-43(51-41)62-28-45-9-4-10-54(45)25-30(46)23-45/h1,5,8,21-22,24,30-32,50H,4,6-7,9-20,23,25-28H2,2H3/t30-,31?,32?,45+/m1/s1. The SMILES string of the molecule is C#Cc1c(F)ccc2cc(OC(=O)OCCOCCOCCOCCOCCOC)cc(-c3ncc4c(N5CC6CCC(C5)N6)nc(OC[C@@]56CCCN5C[C@H](F)C6)nc4c3F)c12. The number of alkyl halides is 1. The number of methoxy groups -OCH3 is 1. The Bertz CT molecular complexity index is 2270. The molecule has 4 aliphatic rings. The molecule has 4 atom stereocenters. The van der Waals surface area contributed by atoms with Gasteiger partial charge in [0.25, 0.3) is 0 Å². The number of rotatable bonds is 21. The largest absolute Gasteiger partial charge is 0.513 e. The third-order valence-electron chi connectivity index (χ3n) is 12.0. The zero-order chi connectivity index (χ0) is 43.8. The Morgan fingerprint density at radius 1 is 0.937 bits per heavy atom. The lowest BCUT2D eigenvalue weighted by atomic mass is 9.95. The van der Waals surface area contributed by atoms with E-state index >= 15 is 8.78 Å². The van der Waals surface area contributed by atoms with E-state index in [1.54, 1.807) is 7.11 Å². The number of benzene rings is 2. The number of terminal acetylenes is 1. The second-order valence-electron chi connectivity index (χ2n) is 16.2. The molecule has 8 rings (SSSR count). The molecule has 0 radical (unpaired) electrons. The third kappa shape index (κ3) is 10.4. The minimum atomic E-state index is -1.04. The van der Waals surface area contributed by atoms with Crippen molar-refractivity contribution in [2.45, 2.75) is 55.9 Å². The van der Waals surface area contributed by atoms with Gasteiger partial charge in [-0.15, -0.1) is 6.42 Å². The van der Waals surface area contributed by atoms with Crippen LogP contribution in [0.3, 0.4) is 0 Å². The van der Waals surface area contributed by atoms with Crippen molar-refractivity contribution in [1.82, 2.24) is 25.2 Å². The van der Waals surface area contributed by atoms with Crippen LogP contribution in [-0.4, -0.2) is 156 Å². The van der Waals surface area contributed by atoms with Gasteiger partial charge in [0.1, 0.15) is 48.0 Å². The first-order valence-electron chi connectivity index (χ1n) is 21.5. The number of hydrogen-bond donors (Lipinski definition) is 1. The van der Waals surface area contributed by atoms with Gasteiger partial charge in [0.05, 0.1) is 76.0 Å². The Kier molecular flexibility index (Phi) is 14.7. The predicted octanol–water partition coefficient (Wildman–Crippen LogP) is 5.23. The van der Waals surface area contributed by atoms with Crippen molar-refractivity contribution < 1.29 is 55.9 Å². The lowest BCUT2D eigenvalue weighted by Gasteiger charge is -2.34. The number of halogens is 3. The van der Waals surface area contributed by atoms with E-state index in [4.69, 9.17) is 49.3 Å². The smallest absolute Gasteiger partial charge is 0.461 e. The summed E-state index contributed by atoms with van der Waals surface area (Å²) in [6.45, 7) is 5.88. The van der Waals surface area contributed by atoms with Crippen molar-refractivity contribution >= 4 is 33.6 Å². The van der Waals surface area contributed by atoms with E-state index < -0.39 is 29.5 Å². The zero-order valence-electron chi connectivity index (χ0n) is 35.4. The summed E-state index contributed by atoms with van der Waals surface area (Å²) in [4.78, 5) is 31.1. The number of carbonyl (C=O) groups excluding carboxylic acids is 1. The molecule has 18 heteroatoms. The maximum Gasteiger partial charge on any atom is 0.513 e. The van der Waals surface area contributed by atoms with E-state index in [9.17, 15) is 9.18 Å². The lowest BCUT2D eigenvalue weighted by Crippen LogP contribution is -2.51. The van der Waals surface area contributed by atoms with Crippen molar-refractivity contribution in [3.63, 3.8) is 0 Å². The molecule has 0 amide bonds. The highest BCUT2D eigenvalue weighted by Gasteiger charge is 2.49. The van der Waals surface area contributed by atoms with Gasteiger partial charge in [-0.05, 0) is 55.8 Å². The fourth-order valence-corrected chi connectivity index (χ4v) is 9.15. The molecule has 63 heavy (non-hydrogen) atoms. The number of nitrogens with one attached hydrogen (secondary N) is 1. The van der Waals surface area contributed by atoms with Gasteiger partial charge < -0.3 is 48.1 Å². The number of nitrogens with zero attached hydrogens (tertiary/aromatic N) is 5. The van der Waals surface area contributed by atoms with Crippen molar-refractivity contribution in [2.24, 2.45) is 0 Å². The summed E-state index contributed by atoms with van der Waals surface area (Å²) in [6.07, 6.45) is 9.38. The molecule has 6 heterocycles. The Hall–Kier alpha value is -4.87. The van der Waals surface area contributed by atoms with Crippen LogP contribution in [0.1, 0.15) is 37.7 Å². The topological polar surface area (TPSA) is 148 Å². The molecule has 4 fully saturated rings. The molecular formula is C45H53F3N6O9. The van der Waals surface area contributed by atoms with Gasteiger partial charge in [-0.2, -0.15) is 9.97 Å². The maximum atomic E-state index is 17.3. The van der Waals surface area contributed by atoms with Gasteiger partial charge in [-0.1, -0.05) is 12.0 Å². The number of fused-ring (bicyclic) bond motifs is 5. The van der Waals surface area contributed by atoms with Crippen LogP contribution in [0.4, 0.5) is 23.8 Å². The van der Waals surface area contributed by atoms with Crippen LogP contribution in [0.15, 0.2) is 30.5 Å². The number of anilines is 1. The summed E-state index contributed by atoms with van der Waals surface area (Å²) in [7, 11) is 1.61. The second-order valence-corrected chi connectivity index (χ2v) is 16.2. The Balaban J connectivity index is 0.985. The van der Waals surface area contributed by atoms with Crippen LogP contribution in [0.5, 0.6) is 11.8 Å². The first-order valence-corrected chi connectivity index (χ1v) is 21.5. The molecule has 4 aliphatic heterocycles. The average molecular weight is 879 g/mol. The quantitative estimate of drug-likeness (QED) is 0.0504. The molecule has 2 bridgehead atoms. The highest BCUT2D eigenvalue weighted by molar-refractivity contribution is 6.03. The second kappa shape index (κ2) is 20.8. The molecule has 15 nitrogen and oxygen atoms in total. The molecule has 4 saturated heterocycles. The lowest BCUT2D eigenvalue weighted by molar-refractivity contribution is -0.0124. The predicted molar refractivity (Wildman–Crippen MR) is 226 cm³/mol. The highest BCUT2D eigenvalue weighted by atomic mass is 19.1. The van der Waals surface area contributed by atoms with E-state index in [-0.39, 0.29) is 78.0 Å². The summed E-state index contributed by atoms with van der Waals surface area (Å²) >= 11 is 0. The van der Waals surface area contributed by atoms with E-state index in [0.717, 1.165) is 32.2 Å². The van der Waals surface area contributed by atoms with E-state index in [2.05, 4.69) is 31.0 Å². The normalized spacial score (nSPS) is 21.9. The summed E-state index contributed by atoms with van der Waals surface area (Å²) in [5.74, 6) is 1.30. The average Bonchev–Trinajstić information content (AvgIpc) is 3.93. The van der Waals surface area contributed by atoms with Crippen molar-refractivity contribution in [2.75, 3.05) is 111 Å². The van der Waals surface area contributed by atoms with E-state index in [0.29, 0.717) is 88.9 Å². The summed E-state index contributed by atoms with van der Waals surface area (Å²) in [5, 5.41) is 4.52. The number of carbonyl (C=O) groups is 1. The van der Waals surface area contributed by atoms with Gasteiger partial charge in [-0.25, -0.2) is 18.0 Å². The molecule has 4 aromatic rings.